The fourth-order valence-corrected chi connectivity index (χ4v) is 3.36. The van der Waals surface area contributed by atoms with Gasteiger partial charge in [-0.3, -0.25) is 4.90 Å². The Balaban J connectivity index is 1.65. The molecule has 1 atom stereocenters. The topological polar surface area (TPSA) is 31.9 Å². The summed E-state index contributed by atoms with van der Waals surface area (Å²) < 4.78 is 0. The van der Waals surface area contributed by atoms with Gasteiger partial charge in [0.25, 0.3) is 0 Å². The summed E-state index contributed by atoms with van der Waals surface area (Å²) in [5.41, 5.74) is 3.79. The van der Waals surface area contributed by atoms with Gasteiger partial charge < -0.3 is 4.98 Å². The van der Waals surface area contributed by atoms with Crippen molar-refractivity contribution in [3.63, 3.8) is 0 Å². The van der Waals surface area contributed by atoms with Crippen LogP contribution < -0.4 is 0 Å². The molecule has 3 heteroatoms. The molecule has 2 aromatic heterocycles. The monoisotopic (exact) mass is 267 g/mol. The van der Waals surface area contributed by atoms with E-state index in [0.717, 1.165) is 18.1 Å². The molecule has 104 valence electrons. The first kappa shape index (κ1) is 12.2. The smallest absolute Gasteiger partial charge is 0.137 e. The van der Waals surface area contributed by atoms with Crippen LogP contribution in [0.25, 0.3) is 16.6 Å². The van der Waals surface area contributed by atoms with Crippen LogP contribution in [0.3, 0.4) is 0 Å². The lowest BCUT2D eigenvalue weighted by atomic mass is 9.96. The highest BCUT2D eigenvalue weighted by Gasteiger charge is 2.27. The maximum atomic E-state index is 4.40. The molecule has 20 heavy (non-hydrogen) atoms. The molecule has 1 N–H and O–H groups in total. The third-order valence-corrected chi connectivity index (χ3v) is 4.44. The van der Waals surface area contributed by atoms with Gasteiger partial charge in [-0.2, -0.15) is 0 Å². The zero-order chi connectivity index (χ0) is 13.5. The van der Waals surface area contributed by atoms with Crippen LogP contribution in [0.2, 0.25) is 0 Å². The van der Waals surface area contributed by atoms with Gasteiger partial charge in [0.05, 0.1) is 0 Å². The Morgan fingerprint density at radius 1 is 1.40 bits per heavy atom. The molecule has 3 nitrogen and oxygen atoms in total. The van der Waals surface area contributed by atoms with Gasteiger partial charge in [0.2, 0.25) is 0 Å². The van der Waals surface area contributed by atoms with E-state index in [1.807, 2.05) is 12.3 Å². The first-order chi connectivity index (χ1) is 9.79. The quantitative estimate of drug-likeness (QED) is 0.925. The summed E-state index contributed by atoms with van der Waals surface area (Å²) in [4.78, 5) is 10.3. The number of hydrogen-bond acceptors (Lipinski definition) is 2. The molecule has 1 fully saturated rings. The minimum absolute atomic E-state index is 0.638. The van der Waals surface area contributed by atoms with Gasteiger partial charge in [-0.05, 0) is 42.4 Å². The maximum Gasteiger partial charge on any atom is 0.137 e. The summed E-state index contributed by atoms with van der Waals surface area (Å²) in [5.74, 6) is 1.60. The third kappa shape index (κ3) is 2.27. The second-order valence-corrected chi connectivity index (χ2v) is 6.41. The molecule has 0 radical (unpaired) electrons. The highest BCUT2D eigenvalue weighted by atomic mass is 15.1. The van der Waals surface area contributed by atoms with Crippen molar-refractivity contribution in [2.45, 2.75) is 19.8 Å². The van der Waals surface area contributed by atoms with Crippen molar-refractivity contribution in [3.8, 4) is 0 Å². The first-order valence-electron chi connectivity index (χ1n) is 7.65. The van der Waals surface area contributed by atoms with Crippen LogP contribution in [0, 0.1) is 11.8 Å². The molecule has 0 saturated heterocycles. The van der Waals surface area contributed by atoms with Gasteiger partial charge in [0.1, 0.15) is 5.65 Å². The molecule has 0 bridgehead atoms. The van der Waals surface area contributed by atoms with Crippen molar-refractivity contribution in [2.24, 2.45) is 11.8 Å². The molecular formula is C17H21N3. The van der Waals surface area contributed by atoms with Crippen LogP contribution in [0.4, 0.5) is 0 Å². The number of nitrogens with zero attached hydrogens (tertiary/aromatic N) is 2. The van der Waals surface area contributed by atoms with Crippen molar-refractivity contribution in [1.82, 2.24) is 14.9 Å². The first-order valence-corrected chi connectivity index (χ1v) is 7.65. The Morgan fingerprint density at radius 3 is 3.15 bits per heavy atom. The lowest BCUT2D eigenvalue weighted by Gasteiger charge is -2.30. The lowest BCUT2D eigenvalue weighted by Crippen LogP contribution is -2.35. The highest BCUT2D eigenvalue weighted by molar-refractivity contribution is 5.91. The van der Waals surface area contributed by atoms with Gasteiger partial charge in [-0.1, -0.05) is 13.0 Å². The number of fused-ring (bicyclic) bond motifs is 1. The molecule has 0 spiro atoms. The molecule has 2 aromatic rings. The SMILES string of the molecule is C[C@H]1C=C(c2c[nH]c3ncccc23)CN(CC2CC2)C1. The summed E-state index contributed by atoms with van der Waals surface area (Å²) >= 11 is 0. The Kier molecular flexibility index (Phi) is 2.88. The van der Waals surface area contributed by atoms with E-state index in [1.54, 1.807) is 0 Å². The second-order valence-electron chi connectivity index (χ2n) is 6.41. The number of nitrogens with one attached hydrogen (secondary N) is 1. The van der Waals surface area contributed by atoms with Crippen LogP contribution in [-0.2, 0) is 0 Å². The molecule has 2 aliphatic rings. The fraction of sp³-hybridized carbons (Fsp3) is 0.471. The van der Waals surface area contributed by atoms with Crippen molar-refractivity contribution >= 4 is 16.6 Å². The summed E-state index contributed by atoms with van der Waals surface area (Å²) in [6, 6.07) is 4.19. The van der Waals surface area contributed by atoms with Gasteiger partial charge >= 0.3 is 0 Å². The molecule has 0 amide bonds. The van der Waals surface area contributed by atoms with Crippen molar-refractivity contribution < 1.29 is 0 Å². The molecule has 3 heterocycles. The van der Waals surface area contributed by atoms with Crippen LogP contribution in [0.5, 0.6) is 0 Å². The predicted molar refractivity (Wildman–Crippen MR) is 82.4 cm³/mol. The van der Waals surface area contributed by atoms with E-state index in [2.05, 4.69) is 40.1 Å². The van der Waals surface area contributed by atoms with Gasteiger partial charge in [0.15, 0.2) is 0 Å². The van der Waals surface area contributed by atoms with Crippen LogP contribution in [0.1, 0.15) is 25.3 Å². The number of pyridine rings is 1. The number of aromatic nitrogens is 2. The molecular weight excluding hydrogens is 246 g/mol. The summed E-state index contributed by atoms with van der Waals surface area (Å²) in [7, 11) is 0. The van der Waals surface area contributed by atoms with E-state index in [4.69, 9.17) is 0 Å². The fourth-order valence-electron chi connectivity index (χ4n) is 3.36. The largest absolute Gasteiger partial charge is 0.346 e. The van der Waals surface area contributed by atoms with E-state index >= 15 is 0 Å². The molecule has 1 aliphatic carbocycles. The molecule has 4 rings (SSSR count). The average Bonchev–Trinajstić information content (AvgIpc) is 3.14. The Bertz CT molecular complexity index is 651. The Labute approximate surface area is 119 Å². The third-order valence-electron chi connectivity index (χ3n) is 4.44. The van der Waals surface area contributed by atoms with Crippen LogP contribution >= 0.6 is 0 Å². The molecule has 0 unspecified atom stereocenters. The van der Waals surface area contributed by atoms with E-state index in [1.165, 1.54) is 42.5 Å². The van der Waals surface area contributed by atoms with Crippen molar-refractivity contribution in [3.05, 3.63) is 36.2 Å². The van der Waals surface area contributed by atoms with Crippen LogP contribution in [-0.4, -0.2) is 34.5 Å². The molecule has 1 saturated carbocycles. The average molecular weight is 267 g/mol. The normalized spacial score (nSPS) is 24.1. The van der Waals surface area contributed by atoms with E-state index < -0.39 is 0 Å². The molecule has 1 aliphatic heterocycles. The number of hydrogen-bond donors (Lipinski definition) is 1. The Morgan fingerprint density at radius 2 is 2.30 bits per heavy atom. The van der Waals surface area contributed by atoms with Crippen molar-refractivity contribution in [1.29, 1.82) is 0 Å². The standard InChI is InChI=1S/C17H21N3/c1-12-7-14(11-20(9-12)10-13-4-5-13)16-8-19-17-15(16)3-2-6-18-17/h2-3,6-8,12-13H,4-5,9-11H2,1H3,(H,18,19)/t12-/m0/s1. The number of aromatic amines is 1. The summed E-state index contributed by atoms with van der Waals surface area (Å²) in [5, 5.41) is 1.25. The van der Waals surface area contributed by atoms with Crippen LogP contribution in [0.15, 0.2) is 30.6 Å². The number of rotatable bonds is 3. The predicted octanol–water partition coefficient (Wildman–Crippen LogP) is 3.31. The zero-order valence-electron chi connectivity index (χ0n) is 12.0. The second kappa shape index (κ2) is 4.74. The maximum absolute atomic E-state index is 4.40. The number of H-pyrrole nitrogens is 1. The summed E-state index contributed by atoms with van der Waals surface area (Å²) in [6.07, 6.45) is 9.28. The minimum atomic E-state index is 0.638. The van der Waals surface area contributed by atoms with Crippen molar-refractivity contribution in [2.75, 3.05) is 19.6 Å². The van der Waals surface area contributed by atoms with Gasteiger partial charge in [0, 0.05) is 43.0 Å². The highest BCUT2D eigenvalue weighted by Crippen LogP contribution is 2.33. The Hall–Kier alpha value is -1.61. The lowest BCUT2D eigenvalue weighted by molar-refractivity contribution is 0.262. The van der Waals surface area contributed by atoms with E-state index in [9.17, 15) is 0 Å². The van der Waals surface area contributed by atoms with Gasteiger partial charge in [-0.15, -0.1) is 0 Å². The van der Waals surface area contributed by atoms with Gasteiger partial charge in [-0.25, -0.2) is 4.98 Å². The zero-order valence-corrected chi connectivity index (χ0v) is 12.0. The van der Waals surface area contributed by atoms with E-state index in [-0.39, 0.29) is 0 Å². The molecule has 0 aromatic carbocycles. The summed E-state index contributed by atoms with van der Waals surface area (Å²) in [6.45, 7) is 5.90. The minimum Gasteiger partial charge on any atom is -0.346 e. The van der Waals surface area contributed by atoms with E-state index in [0.29, 0.717) is 5.92 Å².